The molecule has 2 rings (SSSR count). The molecule has 21 heavy (non-hydrogen) atoms. The third-order valence-electron chi connectivity index (χ3n) is 3.06. The molecule has 0 radical (unpaired) electrons. The fourth-order valence-corrected chi connectivity index (χ4v) is 4.78. The summed E-state index contributed by atoms with van der Waals surface area (Å²) in [4.78, 5) is 2.30. The van der Waals surface area contributed by atoms with E-state index in [1.165, 1.54) is 6.07 Å². The van der Waals surface area contributed by atoms with Crippen molar-refractivity contribution >= 4 is 37.3 Å². The quantitative estimate of drug-likeness (QED) is 0.825. The Balaban J connectivity index is 2.29. The summed E-state index contributed by atoms with van der Waals surface area (Å²) in [7, 11) is -3.62. The molecular formula is C14H16BrNO3S2. The van der Waals surface area contributed by atoms with Crippen molar-refractivity contribution in [3.05, 3.63) is 49.6 Å². The van der Waals surface area contributed by atoms with Crippen LogP contribution >= 0.6 is 27.3 Å². The smallest absolute Gasteiger partial charge is 0.241 e. The van der Waals surface area contributed by atoms with Gasteiger partial charge in [-0.05, 0) is 49.2 Å². The van der Waals surface area contributed by atoms with Gasteiger partial charge in [-0.2, -0.15) is 0 Å². The molecule has 1 heterocycles. The van der Waals surface area contributed by atoms with Crippen molar-refractivity contribution in [1.29, 1.82) is 0 Å². The minimum atomic E-state index is -3.62. The van der Waals surface area contributed by atoms with Gasteiger partial charge in [0.1, 0.15) is 0 Å². The highest BCUT2D eigenvalue weighted by Crippen LogP contribution is 2.26. The van der Waals surface area contributed by atoms with Gasteiger partial charge in [0.2, 0.25) is 10.0 Å². The molecule has 0 bridgehead atoms. The van der Waals surface area contributed by atoms with Gasteiger partial charge in [-0.1, -0.05) is 15.9 Å². The molecule has 0 saturated carbocycles. The highest BCUT2D eigenvalue weighted by atomic mass is 79.9. The summed E-state index contributed by atoms with van der Waals surface area (Å²) in [6.07, 6.45) is 0. The highest BCUT2D eigenvalue weighted by Gasteiger charge is 2.19. The van der Waals surface area contributed by atoms with E-state index in [4.69, 9.17) is 0 Å². The van der Waals surface area contributed by atoms with Crippen LogP contribution in [0.4, 0.5) is 0 Å². The van der Waals surface area contributed by atoms with E-state index >= 15 is 0 Å². The van der Waals surface area contributed by atoms with Crippen molar-refractivity contribution in [1.82, 2.24) is 4.72 Å². The topological polar surface area (TPSA) is 66.4 Å². The summed E-state index contributed by atoms with van der Waals surface area (Å²) in [6, 6.07) is 7.09. The Bertz CT molecular complexity index is 754. The van der Waals surface area contributed by atoms with Crippen molar-refractivity contribution < 1.29 is 13.5 Å². The fraction of sp³-hybridized carbons (Fsp3) is 0.286. The predicted octanol–water partition coefficient (Wildman–Crippen LogP) is 3.10. The third-order valence-corrected chi connectivity index (χ3v) is 6.41. The molecule has 0 unspecified atom stereocenters. The average molecular weight is 390 g/mol. The summed E-state index contributed by atoms with van der Waals surface area (Å²) >= 11 is 4.89. The van der Waals surface area contributed by atoms with Crippen LogP contribution in [0.1, 0.15) is 20.9 Å². The summed E-state index contributed by atoms with van der Waals surface area (Å²) < 4.78 is 28.2. The molecule has 4 nitrogen and oxygen atoms in total. The average Bonchev–Trinajstić information content (AvgIpc) is 2.85. The molecule has 2 aromatic rings. The molecule has 7 heteroatoms. The van der Waals surface area contributed by atoms with E-state index in [-0.39, 0.29) is 18.0 Å². The van der Waals surface area contributed by atoms with Crippen LogP contribution in [0, 0.1) is 13.8 Å². The van der Waals surface area contributed by atoms with Crippen LogP contribution in [0.2, 0.25) is 0 Å². The molecule has 1 aromatic heterocycles. The van der Waals surface area contributed by atoms with Gasteiger partial charge in [-0.25, -0.2) is 13.1 Å². The Morgan fingerprint density at radius 1 is 1.29 bits per heavy atom. The maximum Gasteiger partial charge on any atom is 0.241 e. The second-order valence-corrected chi connectivity index (χ2v) is 8.66. The second kappa shape index (κ2) is 6.58. The molecular weight excluding hydrogens is 374 g/mol. The first-order chi connectivity index (χ1) is 9.83. The number of thiophene rings is 1. The van der Waals surface area contributed by atoms with Crippen LogP contribution in [0.15, 0.2) is 33.6 Å². The molecule has 2 N–H and O–H groups in total. The molecule has 0 atom stereocenters. The maximum absolute atomic E-state index is 12.4. The number of nitrogens with one attached hydrogen (secondary N) is 1. The SMILES string of the molecule is Cc1ccc(CNS(=O)(=O)c2cc(CO)cc(Br)c2C)s1. The van der Waals surface area contributed by atoms with Crippen LogP contribution in [0.5, 0.6) is 0 Å². The Morgan fingerprint density at radius 2 is 2.00 bits per heavy atom. The van der Waals surface area contributed by atoms with Crippen LogP contribution in [-0.4, -0.2) is 13.5 Å². The number of aliphatic hydroxyl groups is 1. The Kier molecular flexibility index (Phi) is 5.21. The minimum Gasteiger partial charge on any atom is -0.392 e. The standard InChI is InChI=1S/C14H16BrNO3S2/c1-9-3-4-12(20-9)7-16-21(18,19)14-6-11(8-17)5-13(15)10(14)2/h3-6,16-17H,7-8H2,1-2H3. The van der Waals surface area contributed by atoms with Crippen LogP contribution < -0.4 is 4.72 Å². The van der Waals surface area contributed by atoms with Crippen LogP contribution in [0.25, 0.3) is 0 Å². The van der Waals surface area contributed by atoms with Gasteiger partial charge in [0, 0.05) is 20.8 Å². The number of halogens is 1. The van der Waals surface area contributed by atoms with E-state index < -0.39 is 10.0 Å². The summed E-state index contributed by atoms with van der Waals surface area (Å²) in [6.45, 7) is 3.77. The molecule has 0 aliphatic heterocycles. The normalized spacial score (nSPS) is 11.8. The van der Waals surface area contributed by atoms with Gasteiger partial charge in [0.25, 0.3) is 0 Å². The number of rotatable bonds is 5. The van der Waals surface area contributed by atoms with Gasteiger partial charge in [-0.15, -0.1) is 11.3 Å². The molecule has 0 amide bonds. The Hall–Kier alpha value is -0.730. The summed E-state index contributed by atoms with van der Waals surface area (Å²) in [5, 5.41) is 9.22. The first-order valence-electron chi connectivity index (χ1n) is 6.28. The number of benzene rings is 1. The number of aliphatic hydroxyl groups excluding tert-OH is 1. The summed E-state index contributed by atoms with van der Waals surface area (Å²) in [5.41, 5.74) is 1.18. The lowest BCUT2D eigenvalue weighted by Crippen LogP contribution is -2.24. The molecule has 0 spiro atoms. The zero-order valence-corrected chi connectivity index (χ0v) is 14.9. The molecule has 0 saturated heterocycles. The largest absolute Gasteiger partial charge is 0.392 e. The lowest BCUT2D eigenvalue weighted by molar-refractivity contribution is 0.281. The lowest BCUT2D eigenvalue weighted by atomic mass is 10.2. The van der Waals surface area contributed by atoms with Gasteiger partial charge in [0.15, 0.2) is 0 Å². The van der Waals surface area contributed by atoms with E-state index in [1.54, 1.807) is 24.3 Å². The number of sulfonamides is 1. The first-order valence-corrected chi connectivity index (χ1v) is 9.37. The zero-order chi connectivity index (χ0) is 15.6. The minimum absolute atomic E-state index is 0.189. The Labute approximate surface area is 137 Å². The van der Waals surface area contributed by atoms with E-state index in [0.29, 0.717) is 15.6 Å². The molecule has 1 aromatic carbocycles. The Morgan fingerprint density at radius 3 is 2.57 bits per heavy atom. The van der Waals surface area contributed by atoms with Crippen molar-refractivity contribution in [3.63, 3.8) is 0 Å². The van der Waals surface area contributed by atoms with Gasteiger partial charge in [-0.3, -0.25) is 0 Å². The van der Waals surface area contributed by atoms with Crippen molar-refractivity contribution in [2.24, 2.45) is 0 Å². The van der Waals surface area contributed by atoms with E-state index in [1.807, 2.05) is 19.1 Å². The van der Waals surface area contributed by atoms with E-state index in [2.05, 4.69) is 20.7 Å². The highest BCUT2D eigenvalue weighted by molar-refractivity contribution is 9.10. The van der Waals surface area contributed by atoms with E-state index in [9.17, 15) is 13.5 Å². The summed E-state index contributed by atoms with van der Waals surface area (Å²) in [5.74, 6) is 0. The molecule has 114 valence electrons. The number of hydrogen-bond donors (Lipinski definition) is 2. The van der Waals surface area contributed by atoms with Gasteiger partial charge >= 0.3 is 0 Å². The van der Waals surface area contributed by atoms with Gasteiger partial charge < -0.3 is 5.11 Å². The van der Waals surface area contributed by atoms with Crippen molar-refractivity contribution in [2.75, 3.05) is 0 Å². The number of hydrogen-bond acceptors (Lipinski definition) is 4. The second-order valence-electron chi connectivity index (χ2n) is 4.70. The van der Waals surface area contributed by atoms with E-state index in [0.717, 1.165) is 9.75 Å². The number of aryl methyl sites for hydroxylation is 1. The molecule has 0 fully saturated rings. The fourth-order valence-electron chi connectivity index (χ4n) is 1.90. The van der Waals surface area contributed by atoms with Crippen molar-refractivity contribution in [2.45, 2.75) is 31.9 Å². The first kappa shape index (κ1) is 16.6. The molecule has 0 aliphatic rings. The van der Waals surface area contributed by atoms with Crippen LogP contribution in [-0.2, 0) is 23.2 Å². The third kappa shape index (κ3) is 3.92. The maximum atomic E-state index is 12.4. The lowest BCUT2D eigenvalue weighted by Gasteiger charge is -2.12. The van der Waals surface area contributed by atoms with Crippen LogP contribution in [0.3, 0.4) is 0 Å². The monoisotopic (exact) mass is 389 g/mol. The molecule has 0 aliphatic carbocycles. The zero-order valence-electron chi connectivity index (χ0n) is 11.7. The predicted molar refractivity (Wildman–Crippen MR) is 87.9 cm³/mol. The van der Waals surface area contributed by atoms with Crippen molar-refractivity contribution in [3.8, 4) is 0 Å². The van der Waals surface area contributed by atoms with Gasteiger partial charge in [0.05, 0.1) is 11.5 Å².